The van der Waals surface area contributed by atoms with Gasteiger partial charge < -0.3 is 16.4 Å². The first kappa shape index (κ1) is 11.9. The molecule has 0 saturated carbocycles. The third-order valence-corrected chi connectivity index (χ3v) is 3.55. The van der Waals surface area contributed by atoms with Crippen molar-refractivity contribution in [3.63, 3.8) is 0 Å². The summed E-state index contributed by atoms with van der Waals surface area (Å²) in [6, 6.07) is 7.35. The average Bonchev–Trinajstić information content (AvgIpc) is 2.72. The number of pyridine rings is 1. The van der Waals surface area contributed by atoms with E-state index in [0.29, 0.717) is 12.2 Å². The van der Waals surface area contributed by atoms with E-state index in [-0.39, 0.29) is 11.9 Å². The van der Waals surface area contributed by atoms with Crippen molar-refractivity contribution < 1.29 is 4.79 Å². The van der Waals surface area contributed by atoms with Crippen molar-refractivity contribution in [2.24, 2.45) is 5.73 Å². The van der Waals surface area contributed by atoms with Crippen LogP contribution in [0.2, 0.25) is 0 Å². The Morgan fingerprint density at radius 1 is 1.37 bits per heavy atom. The summed E-state index contributed by atoms with van der Waals surface area (Å²) >= 11 is 0. The first-order chi connectivity index (χ1) is 9.15. The van der Waals surface area contributed by atoms with Crippen molar-refractivity contribution >= 4 is 22.5 Å². The fourth-order valence-corrected chi connectivity index (χ4v) is 2.45. The Morgan fingerprint density at radius 3 is 2.95 bits per heavy atom. The summed E-state index contributed by atoms with van der Waals surface area (Å²) in [4.78, 5) is 17.9. The normalized spacial score (nSPS) is 19.3. The molecule has 2 aromatic rings. The molecule has 1 amide bonds. The van der Waals surface area contributed by atoms with Crippen LogP contribution in [0.25, 0.3) is 10.9 Å². The molecule has 4 N–H and O–H groups in total. The number of nitrogens with two attached hydrogens (primary N) is 2. The van der Waals surface area contributed by atoms with Crippen molar-refractivity contribution in [1.82, 2.24) is 9.88 Å². The Labute approximate surface area is 111 Å². The van der Waals surface area contributed by atoms with Crippen LogP contribution in [0.3, 0.4) is 0 Å². The minimum Gasteiger partial charge on any atom is -0.398 e. The molecule has 3 rings (SSSR count). The second-order valence-corrected chi connectivity index (χ2v) is 4.91. The van der Waals surface area contributed by atoms with Gasteiger partial charge in [0.2, 0.25) is 5.91 Å². The number of nitrogen functional groups attached to an aromatic ring is 1. The lowest BCUT2D eigenvalue weighted by Crippen LogP contribution is -2.33. The minimum absolute atomic E-state index is 0.0271. The SMILES string of the molecule is Nc1ccnc2ccc(CN3CC[C@H](N)C3=O)cc12. The molecule has 0 radical (unpaired) electrons. The predicted octanol–water partition coefficient (Wildman–Crippen LogP) is 0.877. The zero-order chi connectivity index (χ0) is 13.4. The molecule has 98 valence electrons. The van der Waals surface area contributed by atoms with E-state index < -0.39 is 0 Å². The van der Waals surface area contributed by atoms with E-state index >= 15 is 0 Å². The molecule has 1 atom stereocenters. The van der Waals surface area contributed by atoms with Gasteiger partial charge in [-0.2, -0.15) is 0 Å². The molecule has 5 nitrogen and oxygen atoms in total. The second kappa shape index (κ2) is 4.51. The Hall–Kier alpha value is -2.14. The fraction of sp³-hybridized carbons (Fsp3) is 0.286. The minimum atomic E-state index is -0.341. The number of nitrogens with zero attached hydrogens (tertiary/aromatic N) is 2. The average molecular weight is 256 g/mol. The van der Waals surface area contributed by atoms with Gasteiger partial charge in [-0.25, -0.2) is 0 Å². The summed E-state index contributed by atoms with van der Waals surface area (Å²) in [5.74, 6) is 0.0271. The van der Waals surface area contributed by atoms with Gasteiger partial charge >= 0.3 is 0 Å². The molecule has 1 fully saturated rings. The van der Waals surface area contributed by atoms with E-state index in [1.165, 1.54) is 0 Å². The van der Waals surface area contributed by atoms with Crippen LogP contribution in [0, 0.1) is 0 Å². The first-order valence-electron chi connectivity index (χ1n) is 6.32. The summed E-state index contributed by atoms with van der Waals surface area (Å²) in [7, 11) is 0. The van der Waals surface area contributed by atoms with E-state index in [2.05, 4.69) is 4.98 Å². The zero-order valence-electron chi connectivity index (χ0n) is 10.5. The van der Waals surface area contributed by atoms with Crippen LogP contribution in [0.4, 0.5) is 5.69 Å². The van der Waals surface area contributed by atoms with Crippen molar-refractivity contribution in [1.29, 1.82) is 0 Å². The molecule has 1 aromatic carbocycles. The van der Waals surface area contributed by atoms with Gasteiger partial charge in [-0.05, 0) is 30.2 Å². The summed E-state index contributed by atoms with van der Waals surface area (Å²) in [5, 5.41) is 0.927. The third kappa shape index (κ3) is 2.13. The number of rotatable bonds is 2. The number of amides is 1. The maximum absolute atomic E-state index is 11.8. The topological polar surface area (TPSA) is 85.2 Å². The molecule has 0 unspecified atom stereocenters. The van der Waals surface area contributed by atoms with Gasteiger partial charge in [-0.3, -0.25) is 9.78 Å². The number of carbonyl (C=O) groups is 1. The van der Waals surface area contributed by atoms with Crippen LogP contribution in [0.15, 0.2) is 30.5 Å². The Kier molecular flexibility index (Phi) is 2.83. The molecule has 0 spiro atoms. The van der Waals surface area contributed by atoms with Gasteiger partial charge in [0.1, 0.15) is 0 Å². The highest BCUT2D eigenvalue weighted by Gasteiger charge is 2.28. The number of likely N-dealkylation sites (tertiary alicyclic amines) is 1. The number of hydrogen-bond acceptors (Lipinski definition) is 4. The molecule has 1 aliphatic heterocycles. The van der Waals surface area contributed by atoms with Gasteiger partial charge in [0.15, 0.2) is 0 Å². The lowest BCUT2D eigenvalue weighted by atomic mass is 10.1. The summed E-state index contributed by atoms with van der Waals surface area (Å²) in [5.41, 5.74) is 14.3. The monoisotopic (exact) mass is 256 g/mol. The predicted molar refractivity (Wildman–Crippen MR) is 74.2 cm³/mol. The zero-order valence-corrected chi connectivity index (χ0v) is 10.5. The van der Waals surface area contributed by atoms with Gasteiger partial charge in [0.05, 0.1) is 11.6 Å². The van der Waals surface area contributed by atoms with Crippen molar-refractivity contribution in [2.75, 3.05) is 12.3 Å². The molecule has 1 aromatic heterocycles. The number of hydrogen-bond donors (Lipinski definition) is 2. The van der Waals surface area contributed by atoms with Gasteiger partial charge in [0.25, 0.3) is 0 Å². The second-order valence-electron chi connectivity index (χ2n) is 4.91. The summed E-state index contributed by atoms with van der Waals surface area (Å²) in [6.45, 7) is 1.30. The molecule has 2 heterocycles. The number of anilines is 1. The van der Waals surface area contributed by atoms with Gasteiger partial charge in [-0.1, -0.05) is 6.07 Å². The molecule has 19 heavy (non-hydrogen) atoms. The summed E-state index contributed by atoms with van der Waals surface area (Å²) < 4.78 is 0. The lowest BCUT2D eigenvalue weighted by molar-refractivity contribution is -0.129. The highest BCUT2D eigenvalue weighted by molar-refractivity contribution is 5.90. The van der Waals surface area contributed by atoms with Crippen LogP contribution in [0.5, 0.6) is 0 Å². The van der Waals surface area contributed by atoms with Crippen LogP contribution in [0.1, 0.15) is 12.0 Å². The van der Waals surface area contributed by atoms with Crippen LogP contribution >= 0.6 is 0 Å². The standard InChI is InChI=1S/C14H16N4O/c15-11-3-5-17-13-2-1-9(7-10(11)13)8-18-6-4-12(16)14(18)19/h1-3,5,7,12H,4,6,8,16H2,(H2,15,17)/t12-/m0/s1. The molecular weight excluding hydrogens is 240 g/mol. The first-order valence-corrected chi connectivity index (χ1v) is 6.32. The van der Waals surface area contributed by atoms with Crippen molar-refractivity contribution in [3.05, 3.63) is 36.0 Å². The number of aromatic nitrogens is 1. The summed E-state index contributed by atoms with van der Waals surface area (Å²) in [6.07, 6.45) is 2.43. The molecule has 0 bridgehead atoms. The number of fused-ring (bicyclic) bond motifs is 1. The maximum atomic E-state index is 11.8. The number of carbonyl (C=O) groups excluding carboxylic acids is 1. The third-order valence-electron chi connectivity index (χ3n) is 3.55. The molecule has 1 aliphatic rings. The van der Waals surface area contributed by atoms with E-state index in [1.54, 1.807) is 17.2 Å². The van der Waals surface area contributed by atoms with Gasteiger partial charge in [-0.15, -0.1) is 0 Å². The largest absolute Gasteiger partial charge is 0.398 e. The quantitative estimate of drug-likeness (QED) is 0.835. The highest BCUT2D eigenvalue weighted by Crippen LogP contribution is 2.22. The number of benzene rings is 1. The van der Waals surface area contributed by atoms with E-state index in [4.69, 9.17) is 11.5 Å². The van der Waals surface area contributed by atoms with E-state index in [1.807, 2.05) is 18.2 Å². The van der Waals surface area contributed by atoms with Gasteiger partial charge in [0, 0.05) is 30.4 Å². The fourth-order valence-electron chi connectivity index (χ4n) is 2.45. The molecule has 1 saturated heterocycles. The Morgan fingerprint density at radius 2 is 2.21 bits per heavy atom. The maximum Gasteiger partial charge on any atom is 0.239 e. The van der Waals surface area contributed by atoms with Crippen molar-refractivity contribution in [3.8, 4) is 0 Å². The van der Waals surface area contributed by atoms with Crippen LogP contribution < -0.4 is 11.5 Å². The highest BCUT2D eigenvalue weighted by atomic mass is 16.2. The lowest BCUT2D eigenvalue weighted by Gasteiger charge is -2.16. The Bertz CT molecular complexity index is 640. The van der Waals surface area contributed by atoms with Crippen LogP contribution in [-0.4, -0.2) is 28.4 Å². The molecule has 0 aliphatic carbocycles. The van der Waals surface area contributed by atoms with E-state index in [0.717, 1.165) is 29.4 Å². The molecular formula is C14H16N4O. The molecule has 5 heteroatoms. The smallest absolute Gasteiger partial charge is 0.239 e. The van der Waals surface area contributed by atoms with Crippen LogP contribution in [-0.2, 0) is 11.3 Å². The Balaban J connectivity index is 1.90. The van der Waals surface area contributed by atoms with Crippen molar-refractivity contribution in [2.45, 2.75) is 19.0 Å². The van der Waals surface area contributed by atoms with E-state index in [9.17, 15) is 4.79 Å².